The number of imidazole rings is 1. The maximum Gasteiger partial charge on any atom is 0.141 e. The van der Waals surface area contributed by atoms with Crippen LogP contribution < -0.4 is 5.32 Å². The first-order chi connectivity index (χ1) is 8.65. The molecule has 4 nitrogen and oxygen atoms in total. The molecule has 0 spiro atoms. The van der Waals surface area contributed by atoms with E-state index >= 15 is 0 Å². The van der Waals surface area contributed by atoms with E-state index in [0.717, 1.165) is 12.2 Å². The molecule has 0 bridgehead atoms. The summed E-state index contributed by atoms with van der Waals surface area (Å²) in [5.41, 5.74) is 0.842. The average Bonchev–Trinajstić information content (AvgIpc) is 2.82. The average molecular weight is 248 g/mol. The van der Waals surface area contributed by atoms with Crippen molar-refractivity contribution < 1.29 is 4.39 Å². The molecule has 0 aliphatic heterocycles. The van der Waals surface area contributed by atoms with Crippen LogP contribution in [0.4, 0.5) is 4.39 Å². The van der Waals surface area contributed by atoms with Crippen LogP contribution in [-0.4, -0.2) is 20.6 Å². The number of aromatic nitrogens is 3. The Morgan fingerprint density at radius 2 is 2.22 bits per heavy atom. The predicted molar refractivity (Wildman–Crippen MR) is 67.4 cm³/mol. The SMILES string of the molecule is CC(Cn1ccnc1)NC(C)c1ccc(F)cn1. The standard InChI is InChI=1S/C13H17FN4/c1-10(8-18-6-5-15-9-18)17-11(2)13-4-3-12(14)7-16-13/h3-7,9-11,17H,8H2,1-2H3. The van der Waals surface area contributed by atoms with Gasteiger partial charge in [0, 0.05) is 31.0 Å². The highest BCUT2D eigenvalue weighted by atomic mass is 19.1. The summed E-state index contributed by atoms with van der Waals surface area (Å²) < 4.78 is 14.8. The van der Waals surface area contributed by atoms with Crippen molar-refractivity contribution >= 4 is 0 Å². The van der Waals surface area contributed by atoms with E-state index in [1.165, 1.54) is 12.3 Å². The Morgan fingerprint density at radius 3 is 2.83 bits per heavy atom. The molecule has 96 valence electrons. The molecule has 18 heavy (non-hydrogen) atoms. The molecule has 0 saturated heterocycles. The van der Waals surface area contributed by atoms with Crippen LogP contribution in [0.2, 0.25) is 0 Å². The molecular weight excluding hydrogens is 231 g/mol. The molecule has 0 amide bonds. The Kier molecular flexibility index (Phi) is 4.04. The Bertz CT molecular complexity index is 466. The van der Waals surface area contributed by atoms with Gasteiger partial charge in [-0.1, -0.05) is 0 Å². The first-order valence-electron chi connectivity index (χ1n) is 5.98. The lowest BCUT2D eigenvalue weighted by atomic mass is 10.2. The molecule has 2 unspecified atom stereocenters. The summed E-state index contributed by atoms with van der Waals surface area (Å²) in [6, 6.07) is 3.50. The molecule has 0 saturated carbocycles. The maximum absolute atomic E-state index is 12.8. The van der Waals surface area contributed by atoms with Crippen LogP contribution in [0.3, 0.4) is 0 Å². The van der Waals surface area contributed by atoms with Gasteiger partial charge in [0.05, 0.1) is 18.2 Å². The van der Waals surface area contributed by atoms with Gasteiger partial charge in [-0.05, 0) is 26.0 Å². The van der Waals surface area contributed by atoms with Gasteiger partial charge >= 0.3 is 0 Å². The fourth-order valence-electron chi connectivity index (χ4n) is 1.92. The van der Waals surface area contributed by atoms with E-state index in [4.69, 9.17) is 0 Å². The number of hydrogen-bond donors (Lipinski definition) is 1. The Morgan fingerprint density at radius 1 is 1.39 bits per heavy atom. The highest BCUT2D eigenvalue weighted by Gasteiger charge is 2.10. The van der Waals surface area contributed by atoms with Crippen molar-refractivity contribution in [2.24, 2.45) is 0 Å². The van der Waals surface area contributed by atoms with E-state index in [2.05, 4.69) is 22.2 Å². The second-order valence-electron chi connectivity index (χ2n) is 4.45. The molecule has 2 heterocycles. The third-order valence-electron chi connectivity index (χ3n) is 2.77. The lowest BCUT2D eigenvalue weighted by Gasteiger charge is -2.20. The molecule has 1 N–H and O–H groups in total. The van der Waals surface area contributed by atoms with Gasteiger partial charge < -0.3 is 9.88 Å². The lowest BCUT2D eigenvalue weighted by Crippen LogP contribution is -2.32. The van der Waals surface area contributed by atoms with Gasteiger partial charge in [-0.2, -0.15) is 0 Å². The van der Waals surface area contributed by atoms with Crippen molar-refractivity contribution in [1.29, 1.82) is 0 Å². The molecule has 0 fully saturated rings. The van der Waals surface area contributed by atoms with Gasteiger partial charge in [-0.3, -0.25) is 4.98 Å². The number of pyridine rings is 1. The van der Waals surface area contributed by atoms with Crippen molar-refractivity contribution in [2.75, 3.05) is 0 Å². The number of nitrogens with zero attached hydrogens (tertiary/aromatic N) is 3. The van der Waals surface area contributed by atoms with Crippen molar-refractivity contribution in [3.8, 4) is 0 Å². The summed E-state index contributed by atoms with van der Waals surface area (Å²) in [5.74, 6) is -0.308. The second-order valence-corrected chi connectivity index (χ2v) is 4.45. The van der Waals surface area contributed by atoms with Crippen molar-refractivity contribution in [1.82, 2.24) is 19.9 Å². The second kappa shape index (κ2) is 5.73. The first-order valence-corrected chi connectivity index (χ1v) is 5.98. The molecule has 2 atom stereocenters. The molecular formula is C13H17FN4. The minimum absolute atomic E-state index is 0.0871. The van der Waals surface area contributed by atoms with E-state index in [9.17, 15) is 4.39 Å². The summed E-state index contributed by atoms with van der Waals surface area (Å²) in [4.78, 5) is 8.08. The van der Waals surface area contributed by atoms with Crippen LogP contribution in [0.1, 0.15) is 25.6 Å². The van der Waals surface area contributed by atoms with Crippen LogP contribution in [0, 0.1) is 5.82 Å². The molecule has 0 aliphatic rings. The van der Waals surface area contributed by atoms with Crippen molar-refractivity contribution in [2.45, 2.75) is 32.5 Å². The summed E-state index contributed by atoms with van der Waals surface area (Å²) >= 11 is 0. The van der Waals surface area contributed by atoms with E-state index in [0.29, 0.717) is 0 Å². The number of halogens is 1. The molecule has 0 radical (unpaired) electrons. The lowest BCUT2D eigenvalue weighted by molar-refractivity contribution is 0.425. The van der Waals surface area contributed by atoms with E-state index in [-0.39, 0.29) is 17.9 Å². The number of rotatable bonds is 5. The van der Waals surface area contributed by atoms with Crippen LogP contribution in [-0.2, 0) is 6.54 Å². The van der Waals surface area contributed by atoms with E-state index in [1.807, 2.05) is 17.7 Å². The zero-order valence-electron chi connectivity index (χ0n) is 10.5. The van der Waals surface area contributed by atoms with E-state index < -0.39 is 0 Å². The topological polar surface area (TPSA) is 42.7 Å². The van der Waals surface area contributed by atoms with Gasteiger partial charge in [0.2, 0.25) is 0 Å². The van der Waals surface area contributed by atoms with Gasteiger partial charge in [0.1, 0.15) is 5.82 Å². The molecule has 0 aromatic carbocycles. The first kappa shape index (κ1) is 12.7. The summed E-state index contributed by atoms with van der Waals surface area (Å²) in [5, 5.41) is 3.42. The zero-order valence-corrected chi connectivity index (χ0v) is 10.5. The maximum atomic E-state index is 12.8. The summed E-state index contributed by atoms with van der Waals surface area (Å²) in [7, 11) is 0. The van der Waals surface area contributed by atoms with Crippen molar-refractivity contribution in [3.05, 3.63) is 48.6 Å². The van der Waals surface area contributed by atoms with Gasteiger partial charge in [0.15, 0.2) is 0 Å². The minimum Gasteiger partial charge on any atom is -0.336 e. The number of hydrogen-bond acceptors (Lipinski definition) is 3. The normalized spacial score (nSPS) is 14.4. The molecule has 0 aliphatic carbocycles. The Labute approximate surface area is 106 Å². The van der Waals surface area contributed by atoms with Gasteiger partial charge in [-0.15, -0.1) is 0 Å². The highest BCUT2D eigenvalue weighted by molar-refractivity contribution is 5.09. The molecule has 2 aromatic heterocycles. The van der Waals surface area contributed by atoms with Gasteiger partial charge in [0.25, 0.3) is 0 Å². The van der Waals surface area contributed by atoms with Crippen LogP contribution >= 0.6 is 0 Å². The summed E-state index contributed by atoms with van der Waals surface area (Å²) in [6.07, 6.45) is 6.73. The third kappa shape index (κ3) is 3.37. The quantitative estimate of drug-likeness (QED) is 0.881. The minimum atomic E-state index is -0.308. The van der Waals surface area contributed by atoms with Crippen LogP contribution in [0.25, 0.3) is 0 Å². The van der Waals surface area contributed by atoms with E-state index in [1.54, 1.807) is 18.6 Å². The molecule has 5 heteroatoms. The predicted octanol–water partition coefficient (Wildman–Crippen LogP) is 2.16. The fourth-order valence-corrected chi connectivity index (χ4v) is 1.92. The van der Waals surface area contributed by atoms with Crippen LogP contribution in [0.15, 0.2) is 37.1 Å². The Hall–Kier alpha value is -1.75. The van der Waals surface area contributed by atoms with Gasteiger partial charge in [-0.25, -0.2) is 9.37 Å². The highest BCUT2D eigenvalue weighted by Crippen LogP contribution is 2.10. The fraction of sp³-hybridized carbons (Fsp3) is 0.385. The van der Waals surface area contributed by atoms with Crippen molar-refractivity contribution in [3.63, 3.8) is 0 Å². The molecule has 2 aromatic rings. The zero-order chi connectivity index (χ0) is 13.0. The van der Waals surface area contributed by atoms with Crippen LogP contribution in [0.5, 0.6) is 0 Å². The largest absolute Gasteiger partial charge is 0.336 e. The monoisotopic (exact) mass is 248 g/mol. The number of nitrogens with one attached hydrogen (secondary N) is 1. The third-order valence-corrected chi connectivity index (χ3v) is 2.77. The Balaban J connectivity index is 1.90. The molecule has 2 rings (SSSR count). The smallest absolute Gasteiger partial charge is 0.141 e. The summed E-state index contributed by atoms with van der Waals surface area (Å²) in [6.45, 7) is 4.95.